The van der Waals surface area contributed by atoms with Crippen molar-refractivity contribution in [3.63, 3.8) is 0 Å². The van der Waals surface area contributed by atoms with Crippen molar-refractivity contribution in [2.75, 3.05) is 13.1 Å². The number of nitrogens with two attached hydrogens (primary N) is 1. The van der Waals surface area contributed by atoms with E-state index in [-0.39, 0.29) is 12.0 Å². The number of hydrogen-bond acceptors (Lipinski definition) is 4. The molecule has 2 unspecified atom stereocenters. The number of carbonyl (C=O) groups is 1. The molecule has 0 aliphatic heterocycles. The number of carbonyl (C=O) groups excluding carboxylic acids is 1. The van der Waals surface area contributed by atoms with Crippen LogP contribution in [0, 0.1) is 5.92 Å². The van der Waals surface area contributed by atoms with E-state index in [2.05, 4.69) is 5.32 Å². The van der Waals surface area contributed by atoms with E-state index >= 15 is 0 Å². The molecule has 1 aliphatic carbocycles. The summed E-state index contributed by atoms with van der Waals surface area (Å²) in [6, 6.07) is 3.25. The van der Waals surface area contributed by atoms with E-state index in [1.807, 2.05) is 4.72 Å². The lowest BCUT2D eigenvalue weighted by Crippen LogP contribution is -2.48. The predicted octanol–water partition coefficient (Wildman–Crippen LogP) is 1.62. The van der Waals surface area contributed by atoms with E-state index in [0.717, 1.165) is 43.9 Å². The zero-order valence-corrected chi connectivity index (χ0v) is 14.9. The van der Waals surface area contributed by atoms with Crippen molar-refractivity contribution in [3.05, 3.63) is 29.8 Å². The maximum atomic E-state index is 12.7. The lowest BCUT2D eigenvalue weighted by Gasteiger charge is -2.31. The molecular weight excluding hydrogens is 371 g/mol. The van der Waals surface area contributed by atoms with Crippen molar-refractivity contribution < 1.29 is 26.4 Å². The largest absolute Gasteiger partial charge is 0.416 e. The number of amides is 1. The third-order valence-electron chi connectivity index (χ3n) is 4.45. The number of alkyl halides is 3. The van der Waals surface area contributed by atoms with Gasteiger partial charge in [0.1, 0.15) is 0 Å². The van der Waals surface area contributed by atoms with Crippen molar-refractivity contribution in [2.45, 2.75) is 42.8 Å². The van der Waals surface area contributed by atoms with Crippen molar-refractivity contribution in [2.24, 2.45) is 11.7 Å². The Labute approximate surface area is 150 Å². The molecule has 0 radical (unpaired) electrons. The fraction of sp³-hybridized carbons (Fsp3) is 0.562. The van der Waals surface area contributed by atoms with Crippen LogP contribution in [0.3, 0.4) is 0 Å². The second-order valence-corrected chi connectivity index (χ2v) is 8.07. The Kier molecular flexibility index (Phi) is 6.64. The molecule has 10 heteroatoms. The lowest BCUT2D eigenvalue weighted by molar-refractivity contribution is -0.137. The molecule has 1 aliphatic rings. The van der Waals surface area contributed by atoms with E-state index in [0.29, 0.717) is 12.6 Å². The number of halogens is 3. The molecule has 0 saturated heterocycles. The Morgan fingerprint density at radius 3 is 2.58 bits per heavy atom. The molecule has 1 saturated carbocycles. The molecule has 146 valence electrons. The predicted molar refractivity (Wildman–Crippen MR) is 89.6 cm³/mol. The molecule has 0 bridgehead atoms. The first-order valence-corrected chi connectivity index (χ1v) is 9.78. The summed E-state index contributed by atoms with van der Waals surface area (Å²) in [6.45, 7) is -0.118. The summed E-state index contributed by atoms with van der Waals surface area (Å²) >= 11 is 0. The average molecular weight is 393 g/mol. The van der Waals surface area contributed by atoms with Gasteiger partial charge in [-0.1, -0.05) is 18.9 Å². The average Bonchev–Trinajstić information content (AvgIpc) is 2.60. The zero-order chi connectivity index (χ0) is 19.4. The summed E-state index contributed by atoms with van der Waals surface area (Å²) in [7, 11) is -4.23. The molecule has 1 aromatic rings. The Bertz CT molecular complexity index is 738. The van der Waals surface area contributed by atoms with E-state index in [1.54, 1.807) is 0 Å². The third-order valence-corrected chi connectivity index (χ3v) is 5.85. The first-order valence-electron chi connectivity index (χ1n) is 8.30. The monoisotopic (exact) mass is 393 g/mol. The van der Waals surface area contributed by atoms with E-state index in [1.165, 1.54) is 0 Å². The van der Waals surface area contributed by atoms with E-state index in [9.17, 15) is 26.4 Å². The van der Waals surface area contributed by atoms with Gasteiger partial charge >= 0.3 is 6.18 Å². The van der Waals surface area contributed by atoms with Gasteiger partial charge in [0.15, 0.2) is 0 Å². The standard InChI is InChI=1S/C16H22F3N3O3S/c17-16(18,19)12-5-3-6-13(8-12)26(24,25)21-10-15(23)22-14-7-2-1-4-11(14)9-20/h3,5-6,8,11,14,21H,1-2,4,7,9-10,20H2,(H,22,23). The minimum absolute atomic E-state index is 0.112. The number of nitrogens with one attached hydrogen (secondary N) is 2. The van der Waals surface area contributed by atoms with Crippen LogP contribution < -0.4 is 15.8 Å². The summed E-state index contributed by atoms with van der Waals surface area (Å²) in [5.74, 6) is -0.390. The Morgan fingerprint density at radius 2 is 1.92 bits per heavy atom. The Hall–Kier alpha value is -1.65. The van der Waals surface area contributed by atoms with Crippen LogP contribution in [0.5, 0.6) is 0 Å². The number of rotatable bonds is 6. The second kappa shape index (κ2) is 8.36. The highest BCUT2D eigenvalue weighted by atomic mass is 32.2. The number of sulfonamides is 1. The zero-order valence-electron chi connectivity index (χ0n) is 14.1. The summed E-state index contributed by atoms with van der Waals surface area (Å²) in [5, 5.41) is 2.75. The fourth-order valence-corrected chi connectivity index (χ4v) is 4.05. The molecule has 1 fully saturated rings. The quantitative estimate of drug-likeness (QED) is 0.684. The molecule has 2 atom stereocenters. The molecule has 0 spiro atoms. The Balaban J connectivity index is 1.98. The first-order chi connectivity index (χ1) is 12.1. The highest BCUT2D eigenvalue weighted by molar-refractivity contribution is 7.89. The highest BCUT2D eigenvalue weighted by Gasteiger charge is 2.32. The van der Waals surface area contributed by atoms with Crippen LogP contribution in [0.4, 0.5) is 13.2 Å². The van der Waals surface area contributed by atoms with Crippen LogP contribution >= 0.6 is 0 Å². The smallest absolute Gasteiger partial charge is 0.352 e. The topological polar surface area (TPSA) is 101 Å². The van der Waals surface area contributed by atoms with Gasteiger partial charge in [-0.15, -0.1) is 0 Å². The fourth-order valence-electron chi connectivity index (χ4n) is 3.02. The third kappa shape index (κ3) is 5.42. The summed E-state index contributed by atoms with van der Waals surface area (Å²) in [4.78, 5) is 11.5. The van der Waals surface area contributed by atoms with E-state index in [4.69, 9.17) is 5.73 Å². The molecule has 6 nitrogen and oxygen atoms in total. The van der Waals surface area contributed by atoms with Crippen molar-refractivity contribution in [3.8, 4) is 0 Å². The maximum absolute atomic E-state index is 12.7. The van der Waals surface area contributed by atoms with Crippen LogP contribution in [0.15, 0.2) is 29.2 Å². The molecule has 1 aromatic carbocycles. The molecule has 2 rings (SSSR count). The highest BCUT2D eigenvalue weighted by Crippen LogP contribution is 2.30. The van der Waals surface area contributed by atoms with Gasteiger partial charge < -0.3 is 11.1 Å². The van der Waals surface area contributed by atoms with Crippen LogP contribution in [-0.2, 0) is 21.0 Å². The number of hydrogen-bond donors (Lipinski definition) is 3. The van der Waals surface area contributed by atoms with Crippen LogP contribution in [0.2, 0.25) is 0 Å². The molecule has 4 N–H and O–H groups in total. The molecular formula is C16H22F3N3O3S. The molecule has 1 amide bonds. The van der Waals surface area contributed by atoms with Gasteiger partial charge in [-0.05, 0) is 43.5 Å². The van der Waals surface area contributed by atoms with Gasteiger partial charge in [0.25, 0.3) is 0 Å². The Morgan fingerprint density at radius 1 is 1.23 bits per heavy atom. The van der Waals surface area contributed by atoms with Crippen molar-refractivity contribution >= 4 is 15.9 Å². The molecule has 0 heterocycles. The summed E-state index contributed by atoms with van der Waals surface area (Å²) in [5.41, 5.74) is 4.61. The van der Waals surface area contributed by atoms with Crippen LogP contribution in [0.1, 0.15) is 31.2 Å². The van der Waals surface area contributed by atoms with Gasteiger partial charge in [0.2, 0.25) is 15.9 Å². The summed E-state index contributed by atoms with van der Waals surface area (Å²) in [6.07, 6.45) is -0.986. The van der Waals surface area contributed by atoms with Gasteiger partial charge in [-0.2, -0.15) is 13.2 Å². The van der Waals surface area contributed by atoms with Crippen LogP contribution in [-0.4, -0.2) is 33.5 Å². The maximum Gasteiger partial charge on any atom is 0.416 e. The van der Waals surface area contributed by atoms with Crippen molar-refractivity contribution in [1.82, 2.24) is 10.0 Å². The summed E-state index contributed by atoms with van der Waals surface area (Å²) < 4.78 is 64.5. The lowest BCUT2D eigenvalue weighted by atomic mass is 9.84. The van der Waals surface area contributed by atoms with E-state index < -0.39 is 39.1 Å². The van der Waals surface area contributed by atoms with Crippen LogP contribution in [0.25, 0.3) is 0 Å². The van der Waals surface area contributed by atoms with Crippen molar-refractivity contribution in [1.29, 1.82) is 0 Å². The number of benzene rings is 1. The van der Waals surface area contributed by atoms with Gasteiger partial charge in [0.05, 0.1) is 17.0 Å². The normalized spacial score (nSPS) is 21.4. The SMILES string of the molecule is NCC1CCCCC1NC(=O)CNS(=O)(=O)c1cccc(C(F)(F)F)c1. The van der Waals surface area contributed by atoms with Gasteiger partial charge in [-0.25, -0.2) is 13.1 Å². The van der Waals surface area contributed by atoms with Gasteiger partial charge in [-0.3, -0.25) is 4.79 Å². The van der Waals surface area contributed by atoms with Gasteiger partial charge in [0, 0.05) is 6.04 Å². The molecule has 26 heavy (non-hydrogen) atoms. The molecule has 0 aromatic heterocycles. The minimum atomic E-state index is -4.65. The first kappa shape index (κ1) is 20.7. The second-order valence-electron chi connectivity index (χ2n) is 6.30. The minimum Gasteiger partial charge on any atom is -0.352 e.